The summed E-state index contributed by atoms with van der Waals surface area (Å²) in [7, 11) is -1.43. The lowest BCUT2D eigenvalue weighted by atomic mass is 10.1. The van der Waals surface area contributed by atoms with Gasteiger partial charge in [-0.1, -0.05) is 12.1 Å². The molecule has 2 aliphatic heterocycles. The molecule has 0 radical (unpaired) electrons. The van der Waals surface area contributed by atoms with Gasteiger partial charge in [-0.25, -0.2) is 13.4 Å². The van der Waals surface area contributed by atoms with Gasteiger partial charge in [0, 0.05) is 62.2 Å². The van der Waals surface area contributed by atoms with Crippen molar-refractivity contribution in [1.29, 1.82) is 0 Å². The third kappa shape index (κ3) is 5.76. The number of ether oxygens (including phenoxy) is 1. The predicted molar refractivity (Wildman–Crippen MR) is 172 cm³/mol. The Balaban J connectivity index is 1.14. The highest BCUT2D eigenvalue weighted by Crippen LogP contribution is 2.36. The van der Waals surface area contributed by atoms with E-state index in [-0.39, 0.29) is 0 Å². The number of anilines is 3. The fraction of sp³-hybridized carbons (Fsp3) is 0.290. The van der Waals surface area contributed by atoms with Gasteiger partial charge >= 0.3 is 0 Å². The van der Waals surface area contributed by atoms with Crippen molar-refractivity contribution >= 4 is 49.7 Å². The van der Waals surface area contributed by atoms with Crippen LogP contribution in [0.1, 0.15) is 0 Å². The Kier molecular flexibility index (Phi) is 7.62. The highest BCUT2D eigenvalue weighted by Gasteiger charge is 2.26. The molecular weight excluding hydrogens is 583 g/mol. The number of likely N-dealkylation sites (N-methyl/N-ethyl adjacent to an activating group) is 1. The molecule has 222 valence electrons. The number of nitrogens with zero attached hydrogens (tertiary/aromatic N) is 5. The molecule has 0 atom stereocenters. The molecule has 12 heteroatoms. The van der Waals surface area contributed by atoms with E-state index in [1.165, 1.54) is 9.99 Å². The molecule has 2 fully saturated rings. The third-order valence-electron chi connectivity index (χ3n) is 8.02. The van der Waals surface area contributed by atoms with Gasteiger partial charge in [0.25, 0.3) is 0 Å². The average molecular weight is 616 g/mol. The first-order valence-corrected chi connectivity index (χ1v) is 16.7. The summed E-state index contributed by atoms with van der Waals surface area (Å²) < 4.78 is 33.3. The summed E-state index contributed by atoms with van der Waals surface area (Å²) in [6.45, 7) is 5.74. The molecule has 2 saturated heterocycles. The topological polar surface area (TPSA) is 107 Å². The highest BCUT2D eigenvalue weighted by atomic mass is 32.2. The third-order valence-corrected chi connectivity index (χ3v) is 10.8. The van der Waals surface area contributed by atoms with Crippen LogP contribution in [0, 0.1) is 0 Å². The number of nitrogens with one attached hydrogen (secondary N) is 2. The average Bonchev–Trinajstić information content (AvgIpc) is 3.73. The van der Waals surface area contributed by atoms with E-state index in [9.17, 15) is 8.42 Å². The molecule has 43 heavy (non-hydrogen) atoms. The maximum absolute atomic E-state index is 13.3. The lowest BCUT2D eigenvalue weighted by Crippen LogP contribution is -2.44. The first kappa shape index (κ1) is 28.0. The number of morpholine rings is 1. The molecule has 0 spiro atoms. The Bertz CT molecular complexity index is 1840. The first-order chi connectivity index (χ1) is 20.9. The van der Waals surface area contributed by atoms with E-state index in [0.29, 0.717) is 37.1 Å². The molecule has 0 amide bonds. The summed E-state index contributed by atoms with van der Waals surface area (Å²) >= 11 is 1.57. The van der Waals surface area contributed by atoms with Gasteiger partial charge in [0.05, 0.1) is 28.7 Å². The minimum Gasteiger partial charge on any atom is -0.379 e. The molecule has 0 aliphatic carbocycles. The molecule has 5 heterocycles. The maximum Gasteiger partial charge on any atom is 0.243 e. The minimum absolute atomic E-state index is 0.292. The molecule has 3 aromatic heterocycles. The Morgan fingerprint density at radius 3 is 2.49 bits per heavy atom. The largest absolute Gasteiger partial charge is 0.379 e. The number of benzene rings is 2. The monoisotopic (exact) mass is 615 g/mol. The van der Waals surface area contributed by atoms with Crippen LogP contribution in [-0.4, -0.2) is 92.1 Å². The van der Waals surface area contributed by atoms with E-state index in [0.717, 1.165) is 64.6 Å². The minimum atomic E-state index is -3.59. The van der Waals surface area contributed by atoms with Crippen LogP contribution in [0.15, 0.2) is 77.1 Å². The Hall–Kier alpha value is -3.81. The van der Waals surface area contributed by atoms with E-state index in [1.807, 2.05) is 23.7 Å². The number of aromatic nitrogens is 3. The maximum atomic E-state index is 13.3. The molecule has 0 bridgehead atoms. The molecule has 7 rings (SSSR count). The lowest BCUT2D eigenvalue weighted by Gasteiger charge is -2.34. The predicted octanol–water partition coefficient (Wildman–Crippen LogP) is 4.87. The number of piperazine rings is 1. The Labute approximate surface area is 255 Å². The standard InChI is InChI=1S/C31H33N7O3S2/c1-36-11-13-37(14-12-36)25-7-5-24(6-8-25)33-31-34-29(27-9-10-32-30(27)35-31)28-20-23(21-42-28)22-3-2-4-26(19-22)43(39,40)38-15-17-41-18-16-38/h2-10,19-21H,11-18H2,1H3,(H2,32,33,34,35). The van der Waals surface area contributed by atoms with Crippen molar-refractivity contribution in [2.75, 3.05) is 69.7 Å². The number of hydrogen-bond acceptors (Lipinski definition) is 9. The highest BCUT2D eigenvalue weighted by molar-refractivity contribution is 7.89. The molecular formula is C31H33N7O3S2. The van der Waals surface area contributed by atoms with Crippen LogP contribution in [-0.2, 0) is 14.8 Å². The van der Waals surface area contributed by atoms with Gasteiger partial charge in [0.1, 0.15) is 5.65 Å². The summed E-state index contributed by atoms with van der Waals surface area (Å²) in [5.41, 5.74) is 5.48. The molecule has 2 aliphatic rings. The normalized spacial score (nSPS) is 17.0. The van der Waals surface area contributed by atoms with Crippen LogP contribution in [0.25, 0.3) is 32.7 Å². The number of rotatable bonds is 7. The fourth-order valence-corrected chi connectivity index (χ4v) is 7.89. The van der Waals surface area contributed by atoms with E-state index in [4.69, 9.17) is 14.7 Å². The van der Waals surface area contributed by atoms with Crippen molar-refractivity contribution in [2.45, 2.75) is 4.90 Å². The van der Waals surface area contributed by atoms with Crippen LogP contribution in [0.2, 0.25) is 0 Å². The molecule has 0 unspecified atom stereocenters. The zero-order valence-electron chi connectivity index (χ0n) is 23.9. The number of hydrogen-bond donors (Lipinski definition) is 2. The van der Waals surface area contributed by atoms with Crippen molar-refractivity contribution in [1.82, 2.24) is 24.2 Å². The molecule has 10 nitrogen and oxygen atoms in total. The van der Waals surface area contributed by atoms with Crippen molar-refractivity contribution in [3.63, 3.8) is 0 Å². The number of fused-ring (bicyclic) bond motifs is 1. The van der Waals surface area contributed by atoms with Crippen LogP contribution < -0.4 is 10.2 Å². The number of H-pyrrole nitrogens is 1. The van der Waals surface area contributed by atoms with Gasteiger partial charge in [-0.15, -0.1) is 11.3 Å². The molecule has 2 N–H and O–H groups in total. The van der Waals surface area contributed by atoms with Crippen molar-refractivity contribution in [2.24, 2.45) is 0 Å². The van der Waals surface area contributed by atoms with Crippen LogP contribution in [0.3, 0.4) is 0 Å². The second-order valence-electron chi connectivity index (χ2n) is 10.8. The zero-order valence-corrected chi connectivity index (χ0v) is 25.5. The molecule has 2 aromatic carbocycles. The molecule has 0 saturated carbocycles. The van der Waals surface area contributed by atoms with Crippen LogP contribution >= 0.6 is 11.3 Å². The van der Waals surface area contributed by atoms with Gasteiger partial charge < -0.3 is 24.8 Å². The SMILES string of the molecule is CN1CCN(c2ccc(Nc3nc(-c4cc(-c5cccc(S(=O)(=O)N6CCOCC6)c5)cs4)c4cc[nH]c4n3)cc2)CC1. The van der Waals surface area contributed by atoms with E-state index >= 15 is 0 Å². The molecule has 5 aromatic rings. The fourth-order valence-electron chi connectivity index (χ4n) is 5.52. The second-order valence-corrected chi connectivity index (χ2v) is 13.7. The van der Waals surface area contributed by atoms with E-state index in [2.05, 4.69) is 57.5 Å². The van der Waals surface area contributed by atoms with E-state index < -0.39 is 10.0 Å². The lowest BCUT2D eigenvalue weighted by molar-refractivity contribution is 0.0730. The van der Waals surface area contributed by atoms with Crippen molar-refractivity contribution in [3.05, 3.63) is 72.2 Å². The number of thiophene rings is 1. The zero-order chi connectivity index (χ0) is 29.4. The van der Waals surface area contributed by atoms with Gasteiger partial charge in [-0.3, -0.25) is 0 Å². The first-order valence-electron chi connectivity index (χ1n) is 14.4. The van der Waals surface area contributed by atoms with Crippen LogP contribution in [0.5, 0.6) is 0 Å². The summed E-state index contributed by atoms with van der Waals surface area (Å²) in [5.74, 6) is 0.505. The number of sulfonamides is 1. The number of aromatic amines is 1. The van der Waals surface area contributed by atoms with Crippen LogP contribution in [0.4, 0.5) is 17.3 Å². The Morgan fingerprint density at radius 2 is 1.70 bits per heavy atom. The summed E-state index contributed by atoms with van der Waals surface area (Å²) in [6, 6.07) is 19.6. The van der Waals surface area contributed by atoms with Crippen molar-refractivity contribution < 1.29 is 13.2 Å². The van der Waals surface area contributed by atoms with Crippen molar-refractivity contribution in [3.8, 4) is 21.7 Å². The van der Waals surface area contributed by atoms with E-state index in [1.54, 1.807) is 29.5 Å². The second kappa shape index (κ2) is 11.7. The summed E-state index contributed by atoms with van der Waals surface area (Å²) in [4.78, 5) is 18.9. The quantitative estimate of drug-likeness (QED) is 0.267. The van der Waals surface area contributed by atoms with Gasteiger partial charge in [0.2, 0.25) is 16.0 Å². The van der Waals surface area contributed by atoms with Gasteiger partial charge in [-0.2, -0.15) is 9.29 Å². The summed E-state index contributed by atoms with van der Waals surface area (Å²) in [5, 5.41) is 6.35. The smallest absolute Gasteiger partial charge is 0.243 e. The van der Waals surface area contributed by atoms with Gasteiger partial charge in [0.15, 0.2) is 0 Å². The Morgan fingerprint density at radius 1 is 0.907 bits per heavy atom. The van der Waals surface area contributed by atoms with Gasteiger partial charge in [-0.05, 0) is 72.1 Å². The summed E-state index contributed by atoms with van der Waals surface area (Å²) in [6.07, 6.45) is 1.87.